The van der Waals surface area contributed by atoms with Crippen LogP contribution in [0.4, 0.5) is 5.69 Å². The van der Waals surface area contributed by atoms with Gasteiger partial charge in [-0.05, 0) is 24.3 Å². The summed E-state index contributed by atoms with van der Waals surface area (Å²) in [4.78, 5) is 23.1. The van der Waals surface area contributed by atoms with Gasteiger partial charge in [0.05, 0.1) is 12.7 Å². The molecule has 0 atom stereocenters. The van der Waals surface area contributed by atoms with Crippen molar-refractivity contribution in [1.82, 2.24) is 14.8 Å². The molecule has 106 valence electrons. The van der Waals surface area contributed by atoms with E-state index < -0.39 is 5.97 Å². The number of esters is 1. The third-order valence-corrected chi connectivity index (χ3v) is 2.62. The second-order valence-electron chi connectivity index (χ2n) is 4.01. The maximum Gasteiger partial charge on any atom is 0.337 e. The Morgan fingerprint density at radius 1 is 1.38 bits per heavy atom. The number of methoxy groups -OCH3 is 1. The summed E-state index contributed by atoms with van der Waals surface area (Å²) in [5.41, 5.74) is 0.917. The van der Waals surface area contributed by atoms with E-state index in [0.29, 0.717) is 11.3 Å². The number of carbonyl (C=O) groups is 2. The molecule has 2 rings (SSSR count). The van der Waals surface area contributed by atoms with Gasteiger partial charge in [0.2, 0.25) is 11.7 Å². The minimum atomic E-state index is -0.448. The average molecular weight is 285 g/mol. The first-order valence-corrected chi connectivity index (χ1v) is 5.90. The molecule has 0 aliphatic carbocycles. The number of rotatable bonds is 4. The number of carbonyl (C=O) groups excluding carboxylic acids is 2. The third-order valence-electron chi connectivity index (χ3n) is 2.62. The number of hydrogen-bond acceptors (Lipinski definition) is 6. The normalized spacial score (nSPS) is 9.71. The highest BCUT2D eigenvalue weighted by Crippen LogP contribution is 2.10. The van der Waals surface area contributed by atoms with Gasteiger partial charge in [-0.3, -0.25) is 9.36 Å². The largest absolute Gasteiger partial charge is 0.465 e. The van der Waals surface area contributed by atoms with Crippen molar-refractivity contribution in [3.05, 3.63) is 42.0 Å². The number of nitrogens with one attached hydrogen (secondary N) is 1. The fraction of sp³-hybridized carbons (Fsp3) is 0.154. The second-order valence-corrected chi connectivity index (χ2v) is 4.01. The van der Waals surface area contributed by atoms with Crippen molar-refractivity contribution >= 4 is 17.6 Å². The summed E-state index contributed by atoms with van der Waals surface area (Å²) < 4.78 is 5.91. The molecule has 1 N–H and O–H groups in total. The highest BCUT2D eigenvalue weighted by molar-refractivity contribution is 5.92. The number of hydrogen-bond donors (Lipinski definition) is 1. The maximum absolute atomic E-state index is 11.8. The van der Waals surface area contributed by atoms with Gasteiger partial charge in [0, 0.05) is 5.69 Å². The average Bonchev–Trinajstić information content (AvgIpc) is 2.94. The first-order chi connectivity index (χ1) is 10.1. The van der Waals surface area contributed by atoms with Crippen LogP contribution in [0.5, 0.6) is 0 Å². The fourth-order valence-electron chi connectivity index (χ4n) is 1.62. The number of ether oxygens (including phenoxy) is 1. The van der Waals surface area contributed by atoms with Gasteiger partial charge in [0.1, 0.15) is 18.9 Å². The van der Waals surface area contributed by atoms with E-state index in [4.69, 9.17) is 5.26 Å². The number of nitrogens with zero attached hydrogens (tertiary/aromatic N) is 4. The zero-order chi connectivity index (χ0) is 15.2. The predicted octanol–water partition coefficient (Wildman–Crippen LogP) is 0.575. The van der Waals surface area contributed by atoms with Crippen molar-refractivity contribution in [3.63, 3.8) is 0 Å². The number of anilines is 1. The third kappa shape index (κ3) is 3.42. The lowest BCUT2D eigenvalue weighted by Gasteiger charge is -2.06. The van der Waals surface area contributed by atoms with Gasteiger partial charge < -0.3 is 10.1 Å². The summed E-state index contributed by atoms with van der Waals surface area (Å²) in [6, 6.07) is 8.08. The molecular weight excluding hydrogens is 274 g/mol. The van der Waals surface area contributed by atoms with Crippen LogP contribution in [-0.2, 0) is 16.1 Å². The number of amides is 1. The van der Waals surface area contributed by atoms with Crippen LogP contribution in [0, 0.1) is 11.3 Å². The van der Waals surface area contributed by atoms with Crippen molar-refractivity contribution in [2.24, 2.45) is 0 Å². The zero-order valence-electron chi connectivity index (χ0n) is 11.1. The minimum absolute atomic E-state index is 0.0613. The van der Waals surface area contributed by atoms with E-state index in [2.05, 4.69) is 20.3 Å². The molecule has 0 aliphatic heterocycles. The zero-order valence-corrected chi connectivity index (χ0v) is 11.1. The Labute approximate surface area is 120 Å². The van der Waals surface area contributed by atoms with Gasteiger partial charge in [-0.2, -0.15) is 5.26 Å². The molecule has 0 aliphatic rings. The van der Waals surface area contributed by atoms with Crippen molar-refractivity contribution in [2.75, 3.05) is 12.4 Å². The molecule has 1 amide bonds. The summed E-state index contributed by atoms with van der Waals surface area (Å²) >= 11 is 0. The molecule has 1 aromatic carbocycles. The van der Waals surface area contributed by atoms with Crippen LogP contribution in [0.25, 0.3) is 0 Å². The molecule has 0 fully saturated rings. The molecule has 0 saturated heterocycles. The van der Waals surface area contributed by atoms with Crippen LogP contribution in [0.3, 0.4) is 0 Å². The second kappa shape index (κ2) is 6.29. The molecule has 0 bridgehead atoms. The topological polar surface area (TPSA) is 110 Å². The molecule has 21 heavy (non-hydrogen) atoms. The van der Waals surface area contributed by atoms with Crippen molar-refractivity contribution < 1.29 is 14.3 Å². The van der Waals surface area contributed by atoms with E-state index in [1.165, 1.54) is 18.0 Å². The molecule has 8 heteroatoms. The maximum atomic E-state index is 11.8. The smallest absolute Gasteiger partial charge is 0.337 e. The lowest BCUT2D eigenvalue weighted by Crippen LogP contribution is -2.19. The quantitative estimate of drug-likeness (QED) is 0.822. The van der Waals surface area contributed by atoms with Crippen LogP contribution in [-0.4, -0.2) is 33.8 Å². The summed E-state index contributed by atoms with van der Waals surface area (Å²) in [5.74, 6) is -0.723. The van der Waals surface area contributed by atoms with E-state index in [0.717, 1.165) is 0 Å². The molecule has 1 aromatic heterocycles. The van der Waals surface area contributed by atoms with Gasteiger partial charge in [-0.15, -0.1) is 10.2 Å². The molecule has 2 aromatic rings. The highest BCUT2D eigenvalue weighted by Gasteiger charge is 2.09. The first kappa shape index (κ1) is 14.2. The Morgan fingerprint density at radius 3 is 2.71 bits per heavy atom. The number of nitriles is 1. The molecule has 0 saturated carbocycles. The van der Waals surface area contributed by atoms with E-state index in [1.807, 2.05) is 6.07 Å². The summed E-state index contributed by atoms with van der Waals surface area (Å²) in [6.07, 6.45) is 1.30. The molecule has 1 heterocycles. The van der Waals surface area contributed by atoms with E-state index >= 15 is 0 Å². The van der Waals surface area contributed by atoms with Gasteiger partial charge in [-0.1, -0.05) is 0 Å². The van der Waals surface area contributed by atoms with E-state index in [1.54, 1.807) is 24.3 Å². The lowest BCUT2D eigenvalue weighted by atomic mass is 10.2. The van der Waals surface area contributed by atoms with Crippen molar-refractivity contribution in [1.29, 1.82) is 5.26 Å². The van der Waals surface area contributed by atoms with Gasteiger partial charge in [0.25, 0.3) is 0 Å². The van der Waals surface area contributed by atoms with Gasteiger partial charge in [-0.25, -0.2) is 4.79 Å². The van der Waals surface area contributed by atoms with Gasteiger partial charge >= 0.3 is 5.97 Å². The molecule has 0 spiro atoms. The predicted molar refractivity (Wildman–Crippen MR) is 71.1 cm³/mol. The molecule has 8 nitrogen and oxygen atoms in total. The molecular formula is C13H11N5O3. The number of aromatic nitrogens is 3. The van der Waals surface area contributed by atoms with Crippen LogP contribution in [0.1, 0.15) is 16.2 Å². The van der Waals surface area contributed by atoms with Crippen molar-refractivity contribution in [3.8, 4) is 6.07 Å². The summed E-state index contributed by atoms with van der Waals surface area (Å²) in [6.45, 7) is -0.0748. The lowest BCUT2D eigenvalue weighted by molar-refractivity contribution is -0.116. The summed E-state index contributed by atoms with van der Waals surface area (Å²) in [5, 5.41) is 18.5. The Bertz CT molecular complexity index is 699. The number of benzene rings is 1. The Morgan fingerprint density at radius 2 is 2.10 bits per heavy atom. The minimum Gasteiger partial charge on any atom is -0.465 e. The molecule has 0 unspecified atom stereocenters. The first-order valence-electron chi connectivity index (χ1n) is 5.90. The monoisotopic (exact) mass is 285 g/mol. The Hall–Kier alpha value is -3.21. The van der Waals surface area contributed by atoms with Gasteiger partial charge in [0.15, 0.2) is 0 Å². The SMILES string of the molecule is COC(=O)c1ccc(NC(=O)Cn2cnnc2C#N)cc1. The fourth-order valence-corrected chi connectivity index (χ4v) is 1.62. The van der Waals surface area contributed by atoms with Crippen LogP contribution < -0.4 is 5.32 Å². The van der Waals surface area contributed by atoms with Crippen LogP contribution >= 0.6 is 0 Å². The Balaban J connectivity index is 2.00. The van der Waals surface area contributed by atoms with Crippen molar-refractivity contribution in [2.45, 2.75) is 6.54 Å². The highest BCUT2D eigenvalue weighted by atomic mass is 16.5. The van der Waals surface area contributed by atoms with E-state index in [9.17, 15) is 9.59 Å². The van der Waals surface area contributed by atoms with E-state index in [-0.39, 0.29) is 18.3 Å². The standard InChI is InChI=1S/C13H11N5O3/c1-21-13(20)9-2-4-10(5-3-9)16-12(19)7-18-8-15-17-11(18)6-14/h2-5,8H,7H2,1H3,(H,16,19). The Kier molecular flexibility index (Phi) is 4.26. The van der Waals surface area contributed by atoms with Crippen LogP contribution in [0.2, 0.25) is 0 Å². The summed E-state index contributed by atoms with van der Waals surface area (Å²) in [7, 11) is 1.30. The van der Waals surface area contributed by atoms with Crippen LogP contribution in [0.15, 0.2) is 30.6 Å². The molecule has 0 radical (unpaired) electrons.